The van der Waals surface area contributed by atoms with E-state index in [2.05, 4.69) is 48.2 Å². The molecule has 0 bridgehead atoms. The summed E-state index contributed by atoms with van der Waals surface area (Å²) < 4.78 is 0. The molecule has 3 aliphatic heterocycles. The molecular weight excluding hydrogens is 356 g/mol. The van der Waals surface area contributed by atoms with Gasteiger partial charge in [0.25, 0.3) is 0 Å². The lowest BCUT2D eigenvalue weighted by Crippen LogP contribution is -2.35. The topological polar surface area (TPSA) is 85.1 Å². The fourth-order valence-corrected chi connectivity index (χ4v) is 4.48. The van der Waals surface area contributed by atoms with Crippen LogP contribution < -0.4 is 5.32 Å². The summed E-state index contributed by atoms with van der Waals surface area (Å²) in [5, 5.41) is 3.50. The van der Waals surface area contributed by atoms with Gasteiger partial charge in [-0.05, 0) is 52.3 Å². The monoisotopic (exact) mass is 380 g/mol. The maximum atomic E-state index is 4.76. The summed E-state index contributed by atoms with van der Waals surface area (Å²) >= 11 is 1.83. The number of nitrogens with zero attached hydrogens (tertiary/aromatic N) is 2. The number of hydrogen-bond donors (Lipinski definition) is 2. The average Bonchev–Trinajstić information content (AvgIpc) is 3.09. The number of nitrogens with one attached hydrogen (secondary N) is 2. The predicted octanol–water partition coefficient (Wildman–Crippen LogP) is 3.71. The van der Waals surface area contributed by atoms with Crippen LogP contribution in [0.4, 0.5) is 0 Å². The number of aromatic amines is 1. The fraction of sp³-hybridized carbons (Fsp3) is 0.444. The van der Waals surface area contributed by atoms with Crippen molar-refractivity contribution in [3.8, 4) is 22.6 Å². The van der Waals surface area contributed by atoms with Crippen molar-refractivity contribution in [2.45, 2.75) is 45.6 Å². The highest BCUT2D eigenvalue weighted by Crippen LogP contribution is 2.34. The van der Waals surface area contributed by atoms with E-state index >= 15 is 0 Å². The lowest BCUT2D eigenvalue weighted by Gasteiger charge is -2.27. The average molecular weight is 381 g/mol. The molecule has 136 valence electrons. The first-order valence-electron chi connectivity index (χ1n) is 8.26. The minimum Gasteiger partial charge on any atom is -0.412 e. The van der Waals surface area contributed by atoms with Crippen LogP contribution in [-0.4, -0.2) is 33.0 Å². The Morgan fingerprint density at radius 1 is 1.20 bits per heavy atom. The molecule has 4 heterocycles. The summed E-state index contributed by atoms with van der Waals surface area (Å²) in [6, 6.07) is 4.95. The molecule has 0 radical (unpaired) electrons. The molecule has 1 aromatic heterocycles. The Hall–Kier alpha value is -1.47. The molecule has 0 spiro atoms. The summed E-state index contributed by atoms with van der Waals surface area (Å²) in [6.45, 7) is 7.62. The van der Waals surface area contributed by atoms with Crippen molar-refractivity contribution in [2.24, 2.45) is 0 Å². The highest BCUT2D eigenvalue weighted by atomic mass is 35.5. The largest absolute Gasteiger partial charge is 0.412 e. The second kappa shape index (κ2) is 7.83. The summed E-state index contributed by atoms with van der Waals surface area (Å²) in [5.74, 6) is 1.61. The first-order chi connectivity index (χ1) is 11.1. The second-order valence-electron chi connectivity index (χ2n) is 6.61. The van der Waals surface area contributed by atoms with Gasteiger partial charge in [-0.2, -0.15) is 0 Å². The van der Waals surface area contributed by atoms with E-state index in [1.807, 2.05) is 17.5 Å². The van der Waals surface area contributed by atoms with E-state index < -0.39 is 0 Å². The van der Waals surface area contributed by atoms with Crippen LogP contribution in [-0.2, 0) is 0 Å². The lowest BCUT2D eigenvalue weighted by atomic mass is 9.92. The van der Waals surface area contributed by atoms with Crippen LogP contribution in [0.5, 0.6) is 0 Å². The number of aromatic nitrogens is 3. The quantitative estimate of drug-likeness (QED) is 0.710. The van der Waals surface area contributed by atoms with Gasteiger partial charge < -0.3 is 15.8 Å². The zero-order chi connectivity index (χ0) is 16.0. The van der Waals surface area contributed by atoms with Crippen molar-refractivity contribution in [3.05, 3.63) is 33.9 Å². The van der Waals surface area contributed by atoms with Crippen molar-refractivity contribution >= 4 is 23.7 Å². The van der Waals surface area contributed by atoms with Crippen molar-refractivity contribution in [1.29, 1.82) is 0 Å². The first kappa shape index (κ1) is 19.8. The van der Waals surface area contributed by atoms with E-state index in [1.165, 1.54) is 15.3 Å². The summed E-state index contributed by atoms with van der Waals surface area (Å²) in [4.78, 5) is 15.6. The number of piperidine rings is 1. The minimum atomic E-state index is 0. The molecular formula is C18H25ClN4OS. The van der Waals surface area contributed by atoms with Gasteiger partial charge in [0.05, 0.1) is 17.6 Å². The lowest BCUT2D eigenvalue weighted by molar-refractivity contribution is 0.371. The number of halogens is 1. The molecule has 5 nitrogen and oxygen atoms in total. The molecule has 0 aliphatic carbocycles. The highest BCUT2D eigenvalue weighted by Gasteiger charge is 2.23. The Morgan fingerprint density at radius 2 is 2.00 bits per heavy atom. The number of aryl methyl sites for hydroxylation is 2. The van der Waals surface area contributed by atoms with Gasteiger partial charge in [0.1, 0.15) is 11.5 Å². The number of thiophene rings is 1. The summed E-state index contributed by atoms with van der Waals surface area (Å²) in [5.41, 5.74) is 4.35. The normalized spacial score (nSPS) is 20.1. The molecule has 0 aromatic carbocycles. The maximum Gasteiger partial charge on any atom is 0.109 e. The van der Waals surface area contributed by atoms with Crippen molar-refractivity contribution in [1.82, 2.24) is 20.3 Å². The first-order valence-corrected chi connectivity index (χ1v) is 9.08. The Balaban J connectivity index is 0.00000113. The molecule has 1 saturated heterocycles. The molecule has 2 unspecified atom stereocenters. The van der Waals surface area contributed by atoms with E-state index in [4.69, 9.17) is 4.98 Å². The Bertz CT molecular complexity index is 815. The van der Waals surface area contributed by atoms with E-state index in [-0.39, 0.29) is 17.9 Å². The van der Waals surface area contributed by atoms with Crippen LogP contribution in [0.1, 0.15) is 41.3 Å². The van der Waals surface area contributed by atoms with Crippen molar-refractivity contribution in [3.63, 3.8) is 0 Å². The minimum absolute atomic E-state index is 0. The van der Waals surface area contributed by atoms with E-state index in [9.17, 15) is 0 Å². The zero-order valence-corrected chi connectivity index (χ0v) is 16.4. The van der Waals surface area contributed by atoms with E-state index in [0.29, 0.717) is 12.0 Å². The smallest absolute Gasteiger partial charge is 0.109 e. The third-order valence-corrected chi connectivity index (χ3v) is 5.68. The molecule has 0 saturated carbocycles. The molecule has 0 amide bonds. The van der Waals surface area contributed by atoms with Gasteiger partial charge in [0.2, 0.25) is 0 Å². The van der Waals surface area contributed by atoms with Crippen LogP contribution in [0.25, 0.3) is 22.6 Å². The van der Waals surface area contributed by atoms with Crippen molar-refractivity contribution < 1.29 is 5.48 Å². The summed E-state index contributed by atoms with van der Waals surface area (Å²) in [7, 11) is 0. The predicted molar refractivity (Wildman–Crippen MR) is 106 cm³/mol. The van der Waals surface area contributed by atoms with Gasteiger partial charge in [0, 0.05) is 27.3 Å². The SMILES string of the molecule is Cc1cc(-c2cc3[nH]c(C4CCNC(C)C4)ncc-3n2)c(C)s1.Cl.O. The zero-order valence-electron chi connectivity index (χ0n) is 14.7. The molecule has 4 rings (SSSR count). The fourth-order valence-electron chi connectivity index (χ4n) is 3.54. The second-order valence-corrected chi connectivity index (χ2v) is 8.07. The Labute approximate surface area is 158 Å². The third-order valence-electron chi connectivity index (χ3n) is 4.71. The van der Waals surface area contributed by atoms with E-state index in [1.54, 1.807) is 0 Å². The van der Waals surface area contributed by atoms with Crippen LogP contribution in [0.2, 0.25) is 0 Å². The van der Waals surface area contributed by atoms with Gasteiger partial charge in [-0.25, -0.2) is 9.97 Å². The number of hydrogen-bond acceptors (Lipinski definition) is 4. The van der Waals surface area contributed by atoms with Crippen LogP contribution in [0.15, 0.2) is 18.3 Å². The van der Waals surface area contributed by atoms with Crippen LogP contribution in [0.3, 0.4) is 0 Å². The third kappa shape index (κ3) is 3.87. The molecule has 1 aromatic rings. The summed E-state index contributed by atoms with van der Waals surface area (Å²) in [6.07, 6.45) is 4.20. The standard InChI is InChI=1S/C18H22N4S.ClH.H2O/c1-10-6-13(4-5-19-10)18-20-9-17-16(22-18)8-15(21-17)14-7-11(2)23-12(14)3;;/h7-10,13,19H,4-6H2,1-3H3,(H,20,22);1H;1H2. The molecule has 2 atom stereocenters. The number of H-pyrrole nitrogens is 1. The van der Waals surface area contributed by atoms with Gasteiger partial charge >= 0.3 is 0 Å². The molecule has 3 aliphatic rings. The molecule has 4 N–H and O–H groups in total. The van der Waals surface area contributed by atoms with Crippen LogP contribution >= 0.6 is 23.7 Å². The van der Waals surface area contributed by atoms with E-state index in [0.717, 1.165) is 42.3 Å². The maximum absolute atomic E-state index is 4.76. The number of fused-ring (bicyclic) bond motifs is 1. The molecule has 25 heavy (non-hydrogen) atoms. The Kier molecular flexibility index (Phi) is 6.21. The highest BCUT2D eigenvalue weighted by molar-refractivity contribution is 7.12. The van der Waals surface area contributed by atoms with Gasteiger partial charge in [0.15, 0.2) is 0 Å². The molecule has 7 heteroatoms. The van der Waals surface area contributed by atoms with Gasteiger partial charge in [-0.15, -0.1) is 23.7 Å². The van der Waals surface area contributed by atoms with Crippen LogP contribution in [0, 0.1) is 13.8 Å². The Morgan fingerprint density at radius 3 is 2.68 bits per heavy atom. The number of rotatable bonds is 2. The van der Waals surface area contributed by atoms with Gasteiger partial charge in [-0.1, -0.05) is 0 Å². The van der Waals surface area contributed by atoms with Gasteiger partial charge in [-0.3, -0.25) is 0 Å². The van der Waals surface area contributed by atoms with Crippen molar-refractivity contribution in [2.75, 3.05) is 6.54 Å². The molecule has 1 fully saturated rings.